The zero-order valence-corrected chi connectivity index (χ0v) is 11.6. The van der Waals surface area contributed by atoms with Crippen LogP contribution in [0.25, 0.3) is 0 Å². The van der Waals surface area contributed by atoms with Gasteiger partial charge < -0.3 is 9.47 Å². The number of carbonyl (C=O) groups is 1. The Bertz CT molecular complexity index is 526. The molecule has 0 aromatic rings. The summed E-state index contributed by atoms with van der Waals surface area (Å²) >= 11 is 0. The van der Waals surface area contributed by atoms with Crippen LogP contribution in [0.4, 0.5) is 0 Å². The van der Waals surface area contributed by atoms with E-state index in [0.29, 0.717) is 12.0 Å². The molecule has 2 saturated heterocycles. The number of hydrogen-bond acceptors (Lipinski definition) is 5. The van der Waals surface area contributed by atoms with Gasteiger partial charge in [-0.3, -0.25) is 0 Å². The van der Waals surface area contributed by atoms with Crippen LogP contribution in [0.1, 0.15) is 26.7 Å². The van der Waals surface area contributed by atoms with Crippen LogP contribution in [-0.4, -0.2) is 29.6 Å². The van der Waals surface area contributed by atoms with E-state index >= 15 is 0 Å². The molecule has 0 amide bonds. The number of rotatable bonds is 0. The first-order valence-electron chi connectivity index (χ1n) is 7.08. The van der Waals surface area contributed by atoms with E-state index in [1.54, 1.807) is 0 Å². The summed E-state index contributed by atoms with van der Waals surface area (Å²) in [5, 5.41) is 0. The van der Waals surface area contributed by atoms with Gasteiger partial charge in [0.1, 0.15) is 6.10 Å². The van der Waals surface area contributed by atoms with Crippen LogP contribution in [-0.2, 0) is 24.0 Å². The topological polar surface area (TPSA) is 54.0 Å². The maximum absolute atomic E-state index is 11.7. The normalized spacial score (nSPS) is 53.3. The van der Waals surface area contributed by atoms with Crippen molar-refractivity contribution in [1.29, 1.82) is 0 Å². The second-order valence-corrected chi connectivity index (χ2v) is 6.42. The van der Waals surface area contributed by atoms with Crippen molar-refractivity contribution in [2.75, 3.05) is 0 Å². The number of ether oxygens (including phenoxy) is 2. The van der Waals surface area contributed by atoms with Crippen molar-refractivity contribution in [3.05, 3.63) is 24.3 Å². The highest BCUT2D eigenvalue weighted by molar-refractivity contribution is 5.90. The molecule has 5 rings (SSSR count). The summed E-state index contributed by atoms with van der Waals surface area (Å²) in [5.41, 5.74) is -0.0336. The Labute approximate surface area is 117 Å². The van der Waals surface area contributed by atoms with Crippen molar-refractivity contribution >= 4 is 5.97 Å². The Kier molecular flexibility index (Phi) is 2.34. The molecule has 2 bridgehead atoms. The molecule has 5 nitrogen and oxygen atoms in total. The Morgan fingerprint density at radius 2 is 2.10 bits per heavy atom. The molecule has 20 heavy (non-hydrogen) atoms. The van der Waals surface area contributed by atoms with E-state index in [0.717, 1.165) is 6.42 Å². The summed E-state index contributed by atoms with van der Waals surface area (Å²) in [6, 6.07) is 0. The fourth-order valence-corrected chi connectivity index (χ4v) is 3.82. The Hall–Kier alpha value is -1.17. The molecule has 1 aliphatic carbocycles. The summed E-state index contributed by atoms with van der Waals surface area (Å²) in [7, 11) is 0. The van der Waals surface area contributed by atoms with Gasteiger partial charge in [0, 0.05) is 11.5 Å². The molecule has 6 atom stereocenters. The van der Waals surface area contributed by atoms with Gasteiger partial charge in [0.25, 0.3) is 0 Å². The van der Waals surface area contributed by atoms with Crippen LogP contribution in [0.5, 0.6) is 0 Å². The molecule has 4 aliphatic heterocycles. The summed E-state index contributed by atoms with van der Waals surface area (Å²) < 4.78 is 11.5. The maximum atomic E-state index is 11.7. The fourth-order valence-electron chi connectivity index (χ4n) is 3.82. The third kappa shape index (κ3) is 1.46. The lowest BCUT2D eigenvalue weighted by Gasteiger charge is -2.52. The summed E-state index contributed by atoms with van der Waals surface area (Å²) in [5.74, 6) is -0.976. The van der Waals surface area contributed by atoms with Crippen LogP contribution >= 0.6 is 0 Å². The number of esters is 1. The van der Waals surface area contributed by atoms with E-state index in [9.17, 15) is 4.79 Å². The Morgan fingerprint density at radius 1 is 1.30 bits per heavy atom. The molecule has 2 unspecified atom stereocenters. The highest BCUT2D eigenvalue weighted by atomic mass is 17.3. The zero-order chi connectivity index (χ0) is 14.1. The second kappa shape index (κ2) is 3.72. The van der Waals surface area contributed by atoms with E-state index in [1.807, 2.05) is 13.0 Å². The van der Waals surface area contributed by atoms with Crippen LogP contribution in [0.3, 0.4) is 0 Å². The minimum Gasteiger partial charge on any atom is -0.458 e. The molecule has 1 spiro atoms. The maximum Gasteiger partial charge on any atom is 0.334 e. The highest BCUT2D eigenvalue weighted by Gasteiger charge is 2.60. The van der Waals surface area contributed by atoms with Crippen molar-refractivity contribution in [1.82, 2.24) is 0 Å². The van der Waals surface area contributed by atoms with Gasteiger partial charge in [0.05, 0.1) is 6.10 Å². The smallest absolute Gasteiger partial charge is 0.334 e. The average molecular weight is 278 g/mol. The van der Waals surface area contributed by atoms with E-state index < -0.39 is 11.4 Å². The van der Waals surface area contributed by atoms with E-state index in [1.165, 1.54) is 0 Å². The van der Waals surface area contributed by atoms with Gasteiger partial charge in [-0.05, 0) is 37.8 Å². The van der Waals surface area contributed by atoms with Crippen molar-refractivity contribution in [3.8, 4) is 0 Å². The lowest BCUT2D eigenvalue weighted by atomic mass is 9.79. The fraction of sp³-hybridized carbons (Fsp3) is 0.667. The lowest BCUT2D eigenvalue weighted by molar-refractivity contribution is -0.517. The van der Waals surface area contributed by atoms with Gasteiger partial charge in [-0.2, -0.15) is 4.89 Å². The van der Waals surface area contributed by atoms with Crippen LogP contribution in [0.15, 0.2) is 24.3 Å². The number of hydrogen-bond donors (Lipinski definition) is 0. The molecule has 3 fully saturated rings. The summed E-state index contributed by atoms with van der Waals surface area (Å²) in [6.45, 7) is 7.78. The first-order valence-corrected chi connectivity index (χ1v) is 7.08. The second-order valence-electron chi connectivity index (χ2n) is 6.42. The standard InChI is InChI=1S/C15H18O5/c1-8-6-11-10(9(2)13(16)17-11)7-12-15(8)5-4-14(3,18-12)19-20-15/h4-5,8,10-12H,2,6-7H2,1,3H3/t8?,10-,11?,12-,14-,15+/m1/s1. The van der Waals surface area contributed by atoms with Crippen molar-refractivity contribution in [3.63, 3.8) is 0 Å². The average Bonchev–Trinajstić information content (AvgIpc) is 2.61. The Balaban J connectivity index is 1.74. The van der Waals surface area contributed by atoms with Gasteiger partial charge in [-0.25, -0.2) is 9.68 Å². The highest BCUT2D eigenvalue weighted by Crippen LogP contribution is 2.52. The third-order valence-corrected chi connectivity index (χ3v) is 5.12. The SMILES string of the molecule is C=C1C(=O)OC2CC(C)[C@]34C=C[C@@](C)(OO3)O[C@@H]4C[C@H]12. The largest absolute Gasteiger partial charge is 0.458 e. The quantitative estimate of drug-likeness (QED) is 0.293. The molecule has 0 aromatic carbocycles. The van der Waals surface area contributed by atoms with Crippen LogP contribution in [0, 0.1) is 11.8 Å². The molecular formula is C15H18O5. The van der Waals surface area contributed by atoms with E-state index in [4.69, 9.17) is 19.2 Å². The zero-order valence-electron chi connectivity index (χ0n) is 11.6. The van der Waals surface area contributed by atoms with Crippen molar-refractivity contribution in [2.45, 2.75) is 50.3 Å². The molecular weight excluding hydrogens is 260 g/mol. The predicted molar refractivity (Wildman–Crippen MR) is 68.2 cm³/mol. The minimum atomic E-state index is -0.837. The van der Waals surface area contributed by atoms with Gasteiger partial charge in [-0.1, -0.05) is 13.5 Å². The van der Waals surface area contributed by atoms with Crippen molar-refractivity contribution in [2.24, 2.45) is 11.8 Å². The molecule has 4 heterocycles. The van der Waals surface area contributed by atoms with Crippen molar-refractivity contribution < 1.29 is 24.0 Å². The summed E-state index contributed by atoms with van der Waals surface area (Å²) in [6.07, 6.45) is 5.08. The van der Waals surface area contributed by atoms with Gasteiger partial charge in [0.15, 0.2) is 5.60 Å². The number of fused-ring (bicyclic) bond motifs is 2. The molecule has 0 N–H and O–H groups in total. The van der Waals surface area contributed by atoms with Crippen LogP contribution < -0.4 is 0 Å². The molecule has 5 heteroatoms. The first kappa shape index (κ1) is 12.6. The number of carbonyl (C=O) groups excluding carboxylic acids is 1. The molecule has 108 valence electrons. The van der Waals surface area contributed by atoms with Gasteiger partial charge in [0.2, 0.25) is 5.79 Å². The molecule has 0 radical (unpaired) electrons. The first-order chi connectivity index (χ1) is 9.43. The van der Waals surface area contributed by atoms with Crippen LogP contribution in [0.2, 0.25) is 0 Å². The predicted octanol–water partition coefficient (Wildman–Crippen LogP) is 1.89. The lowest BCUT2D eigenvalue weighted by Crippen LogP contribution is -2.61. The summed E-state index contributed by atoms with van der Waals surface area (Å²) in [4.78, 5) is 22.8. The molecule has 1 saturated carbocycles. The van der Waals surface area contributed by atoms with E-state index in [2.05, 4.69) is 19.6 Å². The van der Waals surface area contributed by atoms with E-state index in [-0.39, 0.29) is 30.0 Å². The van der Waals surface area contributed by atoms with Gasteiger partial charge >= 0.3 is 5.97 Å². The monoisotopic (exact) mass is 278 g/mol. The third-order valence-electron chi connectivity index (χ3n) is 5.12. The molecule has 0 aromatic heterocycles. The minimum absolute atomic E-state index is 0.00859. The molecule has 5 aliphatic rings. The van der Waals surface area contributed by atoms with Gasteiger partial charge in [-0.15, -0.1) is 0 Å². The Morgan fingerprint density at radius 3 is 2.80 bits per heavy atom.